The largest absolute Gasteiger partial charge is 0.461 e. The lowest BCUT2D eigenvalue weighted by Gasteiger charge is -2.11. The standard InChI is InChI=1S/C16H19ClN4O2.C14H16ClN5O/c1-4-6-11-7-10(3)8-14(18-11)19-12-9-13(17)20-21-15(12)16(22)23-5-2;1-3-4-9-5-8(2)6-12(17-9)18-10-7-11(15)19-20-13(10)14(16)21/h7-9H,4-6H2,1-3H3,(H,18,19,20);5-7H,3-4H2,1-2H3,(H2,16,21)(H,17,18,19). The second-order valence-electron chi connectivity index (χ2n) is 9.74. The van der Waals surface area contributed by atoms with Crippen molar-refractivity contribution in [1.82, 2.24) is 30.4 Å². The molecule has 0 aliphatic carbocycles. The number of esters is 1. The first kappa shape index (κ1) is 34.1. The van der Waals surface area contributed by atoms with Gasteiger partial charge in [-0.25, -0.2) is 14.8 Å². The molecule has 14 heteroatoms. The van der Waals surface area contributed by atoms with E-state index in [1.807, 2.05) is 38.1 Å². The number of pyridine rings is 2. The van der Waals surface area contributed by atoms with Crippen molar-refractivity contribution < 1.29 is 14.3 Å². The number of anilines is 4. The molecule has 0 fully saturated rings. The summed E-state index contributed by atoms with van der Waals surface area (Å²) in [6, 6.07) is 10.9. The molecule has 4 rings (SSSR count). The van der Waals surface area contributed by atoms with E-state index in [-0.39, 0.29) is 28.3 Å². The van der Waals surface area contributed by atoms with Gasteiger partial charge in [-0.3, -0.25) is 4.79 Å². The maximum atomic E-state index is 12.0. The number of amides is 1. The molecule has 232 valence electrons. The minimum atomic E-state index is -0.678. The molecule has 12 nitrogen and oxygen atoms in total. The molecular weight excluding hydrogens is 605 g/mol. The summed E-state index contributed by atoms with van der Waals surface area (Å²) < 4.78 is 4.99. The van der Waals surface area contributed by atoms with E-state index in [0.717, 1.165) is 48.2 Å². The lowest BCUT2D eigenvalue weighted by atomic mass is 10.2. The summed E-state index contributed by atoms with van der Waals surface area (Å²) in [5.41, 5.74) is 10.3. The minimum absolute atomic E-state index is 0.0275. The van der Waals surface area contributed by atoms with Crippen LogP contribution in [0.1, 0.15) is 77.1 Å². The quantitative estimate of drug-likeness (QED) is 0.156. The maximum Gasteiger partial charge on any atom is 0.361 e. The fourth-order valence-corrected chi connectivity index (χ4v) is 4.40. The predicted octanol–water partition coefficient (Wildman–Crippen LogP) is 6.33. The van der Waals surface area contributed by atoms with E-state index >= 15 is 0 Å². The first-order valence-corrected chi connectivity index (χ1v) is 14.8. The summed E-state index contributed by atoms with van der Waals surface area (Å²) in [5, 5.41) is 21.3. The number of carbonyl (C=O) groups is 2. The molecule has 0 spiro atoms. The minimum Gasteiger partial charge on any atom is -0.461 e. The molecular formula is C30H35Cl2N9O3. The van der Waals surface area contributed by atoms with Crippen molar-refractivity contribution in [1.29, 1.82) is 0 Å². The molecule has 4 heterocycles. The Morgan fingerprint density at radius 2 is 1.18 bits per heavy atom. The first-order chi connectivity index (χ1) is 21.0. The highest BCUT2D eigenvalue weighted by atomic mass is 35.5. The van der Waals surface area contributed by atoms with Crippen LogP contribution in [0.4, 0.5) is 23.0 Å². The fourth-order valence-electron chi connectivity index (χ4n) is 4.11. The molecule has 0 aliphatic heterocycles. The van der Waals surface area contributed by atoms with Gasteiger partial charge in [-0.05, 0) is 69.0 Å². The number of ether oxygens (including phenoxy) is 1. The Morgan fingerprint density at radius 3 is 1.61 bits per heavy atom. The zero-order valence-electron chi connectivity index (χ0n) is 25.2. The number of nitrogens with two attached hydrogens (primary N) is 1. The number of primary amides is 1. The van der Waals surface area contributed by atoms with E-state index in [0.29, 0.717) is 23.0 Å². The van der Waals surface area contributed by atoms with Crippen molar-refractivity contribution in [2.45, 2.75) is 60.3 Å². The topological polar surface area (TPSA) is 171 Å². The van der Waals surface area contributed by atoms with Crippen LogP contribution in [0.2, 0.25) is 10.3 Å². The average molecular weight is 641 g/mol. The molecule has 0 aromatic carbocycles. The van der Waals surface area contributed by atoms with Gasteiger partial charge in [0, 0.05) is 23.5 Å². The Bertz CT molecular complexity index is 1620. The average Bonchev–Trinajstić information content (AvgIpc) is 2.93. The van der Waals surface area contributed by atoms with E-state index < -0.39 is 11.9 Å². The van der Waals surface area contributed by atoms with Crippen LogP contribution in [-0.2, 0) is 17.6 Å². The number of aromatic nitrogens is 6. The fraction of sp³-hybridized carbons (Fsp3) is 0.333. The van der Waals surface area contributed by atoms with Crippen LogP contribution in [0, 0.1) is 13.8 Å². The van der Waals surface area contributed by atoms with E-state index in [1.165, 1.54) is 12.1 Å². The highest BCUT2D eigenvalue weighted by Gasteiger charge is 2.17. The Balaban J connectivity index is 0.000000241. The predicted molar refractivity (Wildman–Crippen MR) is 171 cm³/mol. The van der Waals surface area contributed by atoms with Gasteiger partial charge in [-0.1, -0.05) is 49.9 Å². The van der Waals surface area contributed by atoms with Crippen LogP contribution in [0.3, 0.4) is 0 Å². The van der Waals surface area contributed by atoms with E-state index in [2.05, 4.69) is 54.8 Å². The smallest absolute Gasteiger partial charge is 0.361 e. The molecule has 1 amide bonds. The number of halogens is 2. The van der Waals surface area contributed by atoms with Crippen molar-refractivity contribution in [3.05, 3.63) is 80.6 Å². The van der Waals surface area contributed by atoms with Crippen LogP contribution < -0.4 is 16.4 Å². The van der Waals surface area contributed by atoms with Crippen molar-refractivity contribution in [2.75, 3.05) is 17.2 Å². The summed E-state index contributed by atoms with van der Waals surface area (Å²) in [6.45, 7) is 10.2. The molecule has 0 radical (unpaired) electrons. The second-order valence-corrected chi connectivity index (χ2v) is 10.5. The van der Waals surface area contributed by atoms with Gasteiger partial charge in [0.2, 0.25) is 0 Å². The number of rotatable bonds is 11. The third kappa shape index (κ3) is 10.1. The number of hydrogen-bond donors (Lipinski definition) is 3. The molecule has 0 unspecified atom stereocenters. The monoisotopic (exact) mass is 639 g/mol. The summed E-state index contributed by atoms with van der Waals surface area (Å²) in [7, 11) is 0. The van der Waals surface area contributed by atoms with Crippen molar-refractivity contribution in [3.63, 3.8) is 0 Å². The summed E-state index contributed by atoms with van der Waals surface area (Å²) in [4.78, 5) is 32.4. The molecule has 0 saturated heterocycles. The van der Waals surface area contributed by atoms with Crippen LogP contribution in [0.5, 0.6) is 0 Å². The van der Waals surface area contributed by atoms with Gasteiger partial charge in [0.1, 0.15) is 11.6 Å². The normalized spacial score (nSPS) is 10.4. The number of nitrogens with zero attached hydrogens (tertiary/aromatic N) is 6. The molecule has 4 aromatic rings. The van der Waals surface area contributed by atoms with Crippen LogP contribution in [0.15, 0.2) is 36.4 Å². The highest BCUT2D eigenvalue weighted by Crippen LogP contribution is 2.24. The molecule has 0 aliphatic rings. The second kappa shape index (κ2) is 16.4. The van der Waals surface area contributed by atoms with Crippen molar-refractivity contribution >= 4 is 58.1 Å². The third-order valence-electron chi connectivity index (χ3n) is 5.81. The maximum absolute atomic E-state index is 12.0. The number of nitrogens with one attached hydrogen (secondary N) is 2. The van der Waals surface area contributed by atoms with Crippen LogP contribution in [0.25, 0.3) is 0 Å². The lowest BCUT2D eigenvalue weighted by molar-refractivity contribution is 0.0519. The zero-order chi connectivity index (χ0) is 32.2. The zero-order valence-corrected chi connectivity index (χ0v) is 26.8. The highest BCUT2D eigenvalue weighted by molar-refractivity contribution is 6.30. The van der Waals surface area contributed by atoms with Crippen molar-refractivity contribution in [2.24, 2.45) is 5.73 Å². The van der Waals surface area contributed by atoms with Gasteiger partial charge in [-0.15, -0.1) is 20.4 Å². The SMILES string of the molecule is CCCc1cc(C)cc(Nc2cc(Cl)nnc2C(=O)OCC)n1.CCCc1cc(C)cc(Nc2cc(Cl)nnc2C(N)=O)n1. The number of hydrogen-bond acceptors (Lipinski definition) is 11. The molecule has 0 atom stereocenters. The van der Waals surface area contributed by atoms with Crippen molar-refractivity contribution in [3.8, 4) is 0 Å². The number of carbonyl (C=O) groups excluding carboxylic acids is 2. The Labute approximate surface area is 266 Å². The van der Waals surface area contributed by atoms with E-state index in [9.17, 15) is 9.59 Å². The Kier molecular flexibility index (Phi) is 12.7. The first-order valence-electron chi connectivity index (χ1n) is 14.0. The van der Waals surface area contributed by atoms with Gasteiger partial charge in [0.15, 0.2) is 21.7 Å². The summed E-state index contributed by atoms with van der Waals surface area (Å²) in [6.07, 6.45) is 3.78. The number of aryl methyl sites for hydroxylation is 4. The van der Waals surface area contributed by atoms with Gasteiger partial charge in [0.25, 0.3) is 5.91 Å². The van der Waals surface area contributed by atoms with Gasteiger partial charge < -0.3 is 21.1 Å². The van der Waals surface area contributed by atoms with E-state index in [4.69, 9.17) is 33.7 Å². The Hall–Kier alpha value is -4.42. The van der Waals surface area contributed by atoms with Crippen LogP contribution >= 0.6 is 23.2 Å². The molecule has 4 aromatic heterocycles. The summed E-state index contributed by atoms with van der Waals surface area (Å²) >= 11 is 11.7. The third-order valence-corrected chi connectivity index (χ3v) is 6.18. The molecule has 44 heavy (non-hydrogen) atoms. The lowest BCUT2D eigenvalue weighted by Crippen LogP contribution is -2.16. The summed E-state index contributed by atoms with van der Waals surface area (Å²) in [5.74, 6) is 0.0109. The Morgan fingerprint density at radius 1 is 0.727 bits per heavy atom. The molecule has 4 N–H and O–H groups in total. The van der Waals surface area contributed by atoms with Gasteiger partial charge >= 0.3 is 5.97 Å². The molecule has 0 saturated carbocycles. The molecule has 0 bridgehead atoms. The van der Waals surface area contributed by atoms with Crippen LogP contribution in [-0.4, -0.2) is 48.8 Å². The van der Waals surface area contributed by atoms with Gasteiger partial charge in [0.05, 0.1) is 18.0 Å². The van der Waals surface area contributed by atoms with Gasteiger partial charge in [-0.2, -0.15) is 0 Å². The van der Waals surface area contributed by atoms with E-state index in [1.54, 1.807) is 6.92 Å².